The van der Waals surface area contributed by atoms with Crippen LogP contribution in [0.1, 0.15) is 4.11 Å². The van der Waals surface area contributed by atoms with Crippen LogP contribution in [0.3, 0.4) is 0 Å². The van der Waals surface area contributed by atoms with E-state index < -0.39 is 13.0 Å². The highest BCUT2D eigenvalue weighted by atomic mass is 16.5. The Balaban J connectivity index is 2.33. The van der Waals surface area contributed by atoms with E-state index in [0.29, 0.717) is 6.54 Å². The minimum absolute atomic E-state index is 0.338. The fraction of sp³-hybridized carbons (Fsp3) is 0.800. The van der Waals surface area contributed by atoms with E-state index in [9.17, 15) is 4.79 Å². The Hall–Kier alpha value is -0.570. The molecule has 2 unspecified atom stereocenters. The Kier molecular flexibility index (Phi) is 0.615. The molecule has 0 aromatic carbocycles. The molecule has 1 saturated heterocycles. The molecule has 0 aromatic rings. The second-order valence-corrected chi connectivity index (χ2v) is 1.88. The van der Waals surface area contributed by atoms with Crippen LogP contribution < -0.4 is 0 Å². The first-order valence-corrected chi connectivity index (χ1v) is 2.33. The van der Waals surface area contributed by atoms with Gasteiger partial charge in [-0.2, -0.15) is 0 Å². The number of esters is 1. The Bertz CT molecular complexity index is 179. The molecule has 0 N–H and O–H groups in total. The average molecular weight is 118 g/mol. The lowest BCUT2D eigenvalue weighted by molar-refractivity contribution is -0.140. The van der Waals surface area contributed by atoms with E-state index in [-0.39, 0.29) is 6.04 Å². The molecule has 1 aliphatic heterocycles. The molecule has 0 aromatic heterocycles. The molecule has 1 rings (SSSR count). The second-order valence-electron chi connectivity index (χ2n) is 1.88. The van der Waals surface area contributed by atoms with Gasteiger partial charge in [0.2, 0.25) is 0 Å². The summed E-state index contributed by atoms with van der Waals surface area (Å²) < 4.78 is 24.0. The van der Waals surface area contributed by atoms with Gasteiger partial charge in [0, 0.05) is 6.54 Å². The molecule has 0 spiro atoms. The molecule has 0 saturated carbocycles. The average Bonchev–Trinajstić information content (AvgIpc) is 2.41. The van der Waals surface area contributed by atoms with E-state index in [1.54, 1.807) is 11.9 Å². The summed E-state index contributed by atoms with van der Waals surface area (Å²) in [7, 11) is -0.869. The quantitative estimate of drug-likeness (QED) is 0.342. The van der Waals surface area contributed by atoms with Crippen LogP contribution in [0.2, 0.25) is 0 Å². The van der Waals surface area contributed by atoms with Gasteiger partial charge in [-0.15, -0.1) is 0 Å². The molecule has 0 radical (unpaired) electrons. The second kappa shape index (κ2) is 1.74. The number of nitrogens with zero attached hydrogens (tertiary/aromatic N) is 1. The predicted molar refractivity (Wildman–Crippen MR) is 28.4 cm³/mol. The van der Waals surface area contributed by atoms with Crippen molar-refractivity contribution < 1.29 is 13.6 Å². The maximum absolute atomic E-state index is 10.8. The first-order valence-electron chi connectivity index (χ1n) is 3.83. The fourth-order valence-corrected chi connectivity index (χ4v) is 0.548. The number of carbonyl (C=O) groups excluding carboxylic acids is 1. The molecule has 3 heteroatoms. The van der Waals surface area contributed by atoms with Crippen LogP contribution in [0.15, 0.2) is 0 Å². The van der Waals surface area contributed by atoms with Gasteiger partial charge in [0.1, 0.15) is 6.04 Å². The highest BCUT2D eigenvalue weighted by molar-refractivity contribution is 5.78. The summed E-state index contributed by atoms with van der Waals surface area (Å²) in [6, 6.07) is -0.338. The maximum Gasteiger partial charge on any atom is 0.324 e. The molecule has 1 heterocycles. The van der Waals surface area contributed by atoms with Crippen molar-refractivity contribution in [1.29, 1.82) is 0 Å². The van der Waals surface area contributed by atoms with Crippen molar-refractivity contribution in [3.8, 4) is 0 Å². The van der Waals surface area contributed by atoms with Gasteiger partial charge in [0.25, 0.3) is 0 Å². The lowest BCUT2D eigenvalue weighted by atomic mass is 10.5. The van der Waals surface area contributed by atoms with Crippen LogP contribution >= 0.6 is 0 Å². The number of carbonyl (C=O) groups is 1. The van der Waals surface area contributed by atoms with E-state index in [2.05, 4.69) is 4.74 Å². The Morgan fingerprint density at radius 2 is 2.75 bits per heavy atom. The van der Waals surface area contributed by atoms with Gasteiger partial charge in [-0.3, -0.25) is 9.69 Å². The van der Waals surface area contributed by atoms with E-state index in [0.717, 1.165) is 0 Å². The molecule has 1 aliphatic rings. The SMILES string of the molecule is [2H]C([2H])([2H])OC(=O)C1CN1C. The van der Waals surface area contributed by atoms with E-state index in [1.165, 1.54) is 0 Å². The van der Waals surface area contributed by atoms with Crippen LogP contribution in [0, 0.1) is 0 Å². The van der Waals surface area contributed by atoms with Gasteiger partial charge in [-0.25, -0.2) is 0 Å². The number of rotatable bonds is 1. The molecule has 0 amide bonds. The van der Waals surface area contributed by atoms with Crippen molar-refractivity contribution in [3.05, 3.63) is 0 Å². The Morgan fingerprint density at radius 1 is 2.12 bits per heavy atom. The third kappa shape index (κ3) is 0.816. The smallest absolute Gasteiger partial charge is 0.324 e. The highest BCUT2D eigenvalue weighted by Crippen LogP contribution is 2.13. The lowest BCUT2D eigenvalue weighted by Gasteiger charge is -1.92. The molecule has 1 fully saturated rings. The van der Waals surface area contributed by atoms with Crippen LogP contribution in [-0.4, -0.2) is 37.5 Å². The molecule has 46 valence electrons. The molecular formula is C5H9NO2. The van der Waals surface area contributed by atoms with Gasteiger partial charge in [-0.05, 0) is 7.05 Å². The van der Waals surface area contributed by atoms with Crippen molar-refractivity contribution in [2.45, 2.75) is 6.04 Å². The summed E-state index contributed by atoms with van der Waals surface area (Å²) in [4.78, 5) is 12.5. The molecular weight excluding hydrogens is 106 g/mol. The summed E-state index contributed by atoms with van der Waals surface area (Å²) in [6.07, 6.45) is 0. The number of hydrogen-bond donors (Lipinski definition) is 0. The van der Waals surface area contributed by atoms with Gasteiger partial charge < -0.3 is 4.74 Å². The summed E-state index contributed by atoms with van der Waals surface area (Å²) in [5.41, 5.74) is 0. The van der Waals surface area contributed by atoms with Crippen LogP contribution in [0.25, 0.3) is 0 Å². The lowest BCUT2D eigenvalue weighted by Crippen LogP contribution is -2.11. The van der Waals surface area contributed by atoms with Gasteiger partial charge in [0.15, 0.2) is 0 Å². The molecule has 8 heavy (non-hydrogen) atoms. The first-order chi connectivity index (χ1) is 4.90. The van der Waals surface area contributed by atoms with E-state index in [1.807, 2.05) is 0 Å². The Morgan fingerprint density at radius 3 is 3.12 bits per heavy atom. The maximum atomic E-state index is 10.8. The number of methoxy groups -OCH3 is 1. The summed E-state index contributed by atoms with van der Waals surface area (Å²) in [6.45, 7) is 0.592. The normalized spacial score (nSPS) is 41.4. The predicted octanol–water partition coefficient (Wildman–Crippen LogP) is -0.527. The van der Waals surface area contributed by atoms with Crippen LogP contribution in [-0.2, 0) is 9.53 Å². The summed E-state index contributed by atoms with van der Waals surface area (Å²) >= 11 is 0. The first kappa shape index (κ1) is 2.82. The fourth-order valence-electron chi connectivity index (χ4n) is 0.548. The zero-order valence-electron chi connectivity index (χ0n) is 7.55. The summed E-state index contributed by atoms with van der Waals surface area (Å²) in [5, 5.41) is 0. The monoisotopic (exact) mass is 118 g/mol. The Labute approximate surface area is 52.4 Å². The largest absolute Gasteiger partial charge is 0.468 e. The number of likely N-dealkylation sites (N-methyl/N-ethyl adjacent to an activating group) is 1. The third-order valence-electron chi connectivity index (χ3n) is 1.23. The molecule has 2 atom stereocenters. The van der Waals surface area contributed by atoms with Crippen LogP contribution in [0.5, 0.6) is 0 Å². The summed E-state index contributed by atoms with van der Waals surface area (Å²) in [5.74, 6) is -0.660. The van der Waals surface area contributed by atoms with Gasteiger partial charge in [-0.1, -0.05) is 0 Å². The van der Waals surface area contributed by atoms with Crippen molar-refractivity contribution in [2.24, 2.45) is 0 Å². The standard InChI is InChI=1S/C5H9NO2/c1-6-3-4(6)5(7)8-2/h4H,3H2,1-2H3/i2D3. The van der Waals surface area contributed by atoms with E-state index >= 15 is 0 Å². The van der Waals surface area contributed by atoms with Gasteiger partial charge >= 0.3 is 5.97 Å². The minimum atomic E-state index is -2.60. The van der Waals surface area contributed by atoms with Crippen LogP contribution in [0.4, 0.5) is 0 Å². The topological polar surface area (TPSA) is 29.3 Å². The molecule has 0 bridgehead atoms. The third-order valence-corrected chi connectivity index (χ3v) is 1.23. The van der Waals surface area contributed by atoms with Gasteiger partial charge in [0.05, 0.1) is 11.2 Å². The van der Waals surface area contributed by atoms with Crippen molar-refractivity contribution in [3.63, 3.8) is 0 Å². The molecule has 3 nitrogen and oxygen atoms in total. The zero-order valence-corrected chi connectivity index (χ0v) is 4.55. The highest BCUT2D eigenvalue weighted by Gasteiger charge is 2.37. The number of ether oxygens (including phenoxy) is 1. The number of hydrogen-bond acceptors (Lipinski definition) is 3. The van der Waals surface area contributed by atoms with Crippen molar-refractivity contribution in [2.75, 3.05) is 20.6 Å². The van der Waals surface area contributed by atoms with E-state index in [4.69, 9.17) is 4.11 Å². The minimum Gasteiger partial charge on any atom is -0.468 e. The zero-order chi connectivity index (χ0) is 8.65. The molecule has 0 aliphatic carbocycles. The van der Waals surface area contributed by atoms with Crippen molar-refractivity contribution >= 4 is 5.97 Å². The van der Waals surface area contributed by atoms with Crippen molar-refractivity contribution in [1.82, 2.24) is 4.90 Å².